The Hall–Kier alpha value is -1.76. The summed E-state index contributed by atoms with van der Waals surface area (Å²) in [5.74, 6) is -0.901. The summed E-state index contributed by atoms with van der Waals surface area (Å²) in [5, 5.41) is 3.11. The van der Waals surface area contributed by atoms with E-state index in [4.69, 9.17) is 11.6 Å². The van der Waals surface area contributed by atoms with Crippen molar-refractivity contribution >= 4 is 23.4 Å². The largest absolute Gasteiger partial charge is 0.406 e. The van der Waals surface area contributed by atoms with Crippen LogP contribution >= 0.6 is 11.6 Å². The van der Waals surface area contributed by atoms with Crippen LogP contribution in [0.25, 0.3) is 0 Å². The maximum atomic E-state index is 12.3. The molecule has 0 bridgehead atoms. The van der Waals surface area contributed by atoms with Gasteiger partial charge in [0.05, 0.1) is 0 Å². The van der Waals surface area contributed by atoms with E-state index in [1.54, 1.807) is 24.3 Å². The van der Waals surface area contributed by atoms with Crippen LogP contribution in [0.2, 0.25) is 5.02 Å². The van der Waals surface area contributed by atoms with Gasteiger partial charge in [0.2, 0.25) is 5.91 Å². The first-order valence-corrected chi connectivity index (χ1v) is 7.49. The van der Waals surface area contributed by atoms with Gasteiger partial charge in [-0.05, 0) is 37.6 Å². The maximum absolute atomic E-state index is 12.3. The van der Waals surface area contributed by atoms with Crippen LogP contribution in [0.4, 0.5) is 13.2 Å². The molecule has 1 aromatic carbocycles. The Morgan fingerprint density at radius 2 is 1.83 bits per heavy atom. The third-order valence-corrected chi connectivity index (χ3v) is 3.32. The second-order valence-corrected chi connectivity index (χ2v) is 5.33. The maximum Gasteiger partial charge on any atom is 0.406 e. The monoisotopic (exact) mass is 350 g/mol. The highest BCUT2D eigenvalue weighted by Crippen LogP contribution is 2.17. The highest BCUT2D eigenvalue weighted by Gasteiger charge is 2.31. The van der Waals surface area contributed by atoms with Gasteiger partial charge >= 0.3 is 6.18 Å². The first-order valence-electron chi connectivity index (χ1n) is 7.11. The number of alkyl halides is 3. The lowest BCUT2D eigenvalue weighted by Gasteiger charge is -2.22. The van der Waals surface area contributed by atoms with Crippen LogP contribution in [0.5, 0.6) is 0 Å². The molecule has 1 rings (SSSR count). The number of amides is 2. The van der Waals surface area contributed by atoms with Crippen molar-refractivity contribution in [3.8, 4) is 0 Å². The van der Waals surface area contributed by atoms with E-state index in [-0.39, 0.29) is 31.8 Å². The average molecular weight is 351 g/mol. The quantitative estimate of drug-likeness (QED) is 0.767. The Morgan fingerprint density at radius 1 is 1.22 bits per heavy atom. The van der Waals surface area contributed by atoms with E-state index in [2.05, 4.69) is 5.32 Å². The van der Waals surface area contributed by atoms with Crippen LogP contribution in [0, 0.1) is 0 Å². The lowest BCUT2D eigenvalue weighted by molar-refractivity contribution is -0.160. The molecule has 1 N–H and O–H groups in total. The Balaban J connectivity index is 2.34. The van der Waals surface area contributed by atoms with E-state index < -0.39 is 18.6 Å². The Bertz CT molecular complexity index is 533. The number of rotatable bonds is 7. The minimum Gasteiger partial charge on any atom is -0.352 e. The third-order valence-electron chi connectivity index (χ3n) is 3.06. The Labute approximate surface area is 137 Å². The number of hydrogen-bond donors (Lipinski definition) is 1. The van der Waals surface area contributed by atoms with Crippen molar-refractivity contribution in [1.29, 1.82) is 0 Å². The lowest BCUT2D eigenvalue weighted by Crippen LogP contribution is -2.39. The zero-order chi connectivity index (χ0) is 17.5. The molecule has 0 aliphatic rings. The zero-order valence-electron chi connectivity index (χ0n) is 12.6. The van der Waals surface area contributed by atoms with E-state index in [9.17, 15) is 22.8 Å². The van der Waals surface area contributed by atoms with Crippen molar-refractivity contribution < 1.29 is 22.8 Å². The number of halogens is 4. The van der Waals surface area contributed by atoms with Crippen LogP contribution in [-0.4, -0.2) is 42.5 Å². The van der Waals surface area contributed by atoms with Crippen LogP contribution in [0.1, 0.15) is 30.1 Å². The first-order chi connectivity index (χ1) is 10.7. The fourth-order valence-electron chi connectivity index (χ4n) is 1.90. The molecule has 0 saturated carbocycles. The zero-order valence-corrected chi connectivity index (χ0v) is 13.4. The smallest absolute Gasteiger partial charge is 0.352 e. The molecule has 4 nitrogen and oxygen atoms in total. The van der Waals surface area contributed by atoms with Gasteiger partial charge in [-0.3, -0.25) is 9.59 Å². The lowest BCUT2D eigenvalue weighted by atomic mass is 10.2. The second-order valence-electron chi connectivity index (χ2n) is 4.89. The van der Waals surface area contributed by atoms with Crippen LogP contribution < -0.4 is 5.32 Å². The summed E-state index contributed by atoms with van der Waals surface area (Å²) in [6.07, 6.45) is -4.19. The molecule has 0 radical (unpaired) electrons. The van der Waals surface area contributed by atoms with Gasteiger partial charge in [-0.2, -0.15) is 13.2 Å². The van der Waals surface area contributed by atoms with E-state index in [0.717, 1.165) is 4.90 Å². The molecule has 0 heterocycles. The number of nitrogens with one attached hydrogen (secondary N) is 1. The predicted molar refractivity (Wildman–Crippen MR) is 81.3 cm³/mol. The van der Waals surface area contributed by atoms with E-state index in [1.165, 1.54) is 6.92 Å². The molecule has 0 saturated heterocycles. The van der Waals surface area contributed by atoms with Crippen molar-refractivity contribution in [3.63, 3.8) is 0 Å². The number of carbonyl (C=O) groups excluding carboxylic acids is 2. The summed E-state index contributed by atoms with van der Waals surface area (Å²) in [6.45, 7) is 0.442. The molecule has 2 amide bonds. The van der Waals surface area contributed by atoms with Gasteiger partial charge in [0.1, 0.15) is 6.54 Å². The van der Waals surface area contributed by atoms with Crippen LogP contribution in [0.3, 0.4) is 0 Å². The number of benzene rings is 1. The topological polar surface area (TPSA) is 49.4 Å². The van der Waals surface area contributed by atoms with Crippen LogP contribution in [-0.2, 0) is 4.79 Å². The minimum atomic E-state index is -4.41. The highest BCUT2D eigenvalue weighted by atomic mass is 35.5. The fraction of sp³-hybridized carbons (Fsp3) is 0.467. The SMILES string of the molecule is CCN(CC(F)(F)F)C(=O)CCCNC(=O)c1ccc(Cl)cc1. The van der Waals surface area contributed by atoms with Gasteiger partial charge in [0.15, 0.2) is 0 Å². The molecule has 0 fully saturated rings. The first kappa shape index (κ1) is 19.3. The molecule has 0 atom stereocenters. The molecule has 0 aromatic heterocycles. The Morgan fingerprint density at radius 3 is 2.35 bits per heavy atom. The average Bonchev–Trinajstić information content (AvgIpc) is 2.48. The van der Waals surface area contributed by atoms with Crippen molar-refractivity contribution in [1.82, 2.24) is 10.2 Å². The Kier molecular flexibility index (Phi) is 7.35. The number of nitrogens with zero attached hydrogens (tertiary/aromatic N) is 1. The summed E-state index contributed by atoms with van der Waals surface area (Å²) in [4.78, 5) is 24.2. The molecule has 0 spiro atoms. The van der Waals surface area contributed by atoms with E-state index in [1.807, 2.05) is 0 Å². The molecule has 23 heavy (non-hydrogen) atoms. The third kappa shape index (κ3) is 7.36. The molecule has 8 heteroatoms. The molecule has 0 aliphatic carbocycles. The van der Waals surface area contributed by atoms with Gasteiger partial charge in [-0.25, -0.2) is 0 Å². The van der Waals surface area contributed by atoms with Gasteiger partial charge in [-0.15, -0.1) is 0 Å². The molecule has 1 aromatic rings. The predicted octanol–water partition coefficient (Wildman–Crippen LogP) is 3.26. The molecule has 0 aliphatic heterocycles. The van der Waals surface area contributed by atoms with Crippen molar-refractivity contribution in [2.24, 2.45) is 0 Å². The minimum absolute atomic E-state index is 0.00449. The summed E-state index contributed by atoms with van der Waals surface area (Å²) in [6, 6.07) is 6.28. The van der Waals surface area contributed by atoms with Gasteiger partial charge < -0.3 is 10.2 Å². The summed E-state index contributed by atoms with van der Waals surface area (Å²) >= 11 is 5.71. The summed E-state index contributed by atoms with van der Waals surface area (Å²) < 4.78 is 36.9. The molecule has 0 unspecified atom stereocenters. The number of hydrogen-bond acceptors (Lipinski definition) is 2. The normalized spacial score (nSPS) is 11.2. The highest BCUT2D eigenvalue weighted by molar-refractivity contribution is 6.30. The van der Waals surface area contributed by atoms with Crippen molar-refractivity contribution in [2.45, 2.75) is 25.9 Å². The molecular weight excluding hydrogens is 333 g/mol. The van der Waals surface area contributed by atoms with Gasteiger partial charge in [0.25, 0.3) is 5.91 Å². The fourth-order valence-corrected chi connectivity index (χ4v) is 2.02. The van der Waals surface area contributed by atoms with E-state index in [0.29, 0.717) is 10.6 Å². The summed E-state index contributed by atoms with van der Waals surface area (Å²) in [5.41, 5.74) is 0.424. The second kappa shape index (κ2) is 8.76. The summed E-state index contributed by atoms with van der Waals surface area (Å²) in [7, 11) is 0. The standard InChI is InChI=1S/C15H18ClF3N2O2/c1-2-21(10-15(17,18)19)13(22)4-3-9-20-14(23)11-5-7-12(16)8-6-11/h5-8H,2-4,9-10H2,1H3,(H,20,23). The molecular formula is C15H18ClF3N2O2. The van der Waals surface area contributed by atoms with Crippen molar-refractivity contribution in [2.75, 3.05) is 19.6 Å². The van der Waals surface area contributed by atoms with Gasteiger partial charge in [-0.1, -0.05) is 11.6 Å². The number of carbonyl (C=O) groups is 2. The van der Waals surface area contributed by atoms with Crippen molar-refractivity contribution in [3.05, 3.63) is 34.9 Å². The van der Waals surface area contributed by atoms with Gasteiger partial charge in [0, 0.05) is 30.1 Å². The molecule has 128 valence electrons. The van der Waals surface area contributed by atoms with E-state index >= 15 is 0 Å². The van der Waals surface area contributed by atoms with Crippen LogP contribution in [0.15, 0.2) is 24.3 Å².